The normalized spacial score (nSPS) is 21.1. The molecule has 2 aliphatic heterocycles. The molecule has 0 aromatic carbocycles. The van der Waals surface area contributed by atoms with Gasteiger partial charge < -0.3 is 14.4 Å². The minimum atomic E-state index is -0.0894. The van der Waals surface area contributed by atoms with E-state index in [0.29, 0.717) is 23.3 Å². The summed E-state index contributed by atoms with van der Waals surface area (Å²) in [4.78, 5) is 33.6. The van der Waals surface area contributed by atoms with Crippen molar-refractivity contribution in [3.8, 4) is 11.1 Å². The van der Waals surface area contributed by atoms with Crippen molar-refractivity contribution in [1.29, 1.82) is 0 Å². The number of carbonyl (C=O) groups excluding carboxylic acids is 1. The first kappa shape index (κ1) is 19.8. The summed E-state index contributed by atoms with van der Waals surface area (Å²) in [6.45, 7) is 8.52. The van der Waals surface area contributed by atoms with Crippen LogP contribution in [0, 0.1) is 11.8 Å². The average molecular weight is 395 g/mol. The third-order valence-electron chi connectivity index (χ3n) is 5.98. The molecule has 1 saturated heterocycles. The molecule has 0 radical (unpaired) electrons. The smallest absolute Gasteiger partial charge is 0.254 e. The van der Waals surface area contributed by atoms with E-state index in [-0.39, 0.29) is 11.5 Å². The van der Waals surface area contributed by atoms with Crippen LogP contribution in [0.3, 0.4) is 0 Å². The molecule has 0 saturated carbocycles. The van der Waals surface area contributed by atoms with Crippen molar-refractivity contribution >= 4 is 5.91 Å². The summed E-state index contributed by atoms with van der Waals surface area (Å²) < 4.78 is 1.97. The minimum Gasteiger partial charge on any atom is -0.345 e. The number of aromatic nitrogens is 2. The van der Waals surface area contributed by atoms with Gasteiger partial charge in [0, 0.05) is 75.9 Å². The molecule has 2 bridgehead atoms. The molecule has 2 aromatic heterocycles. The number of pyridine rings is 2. The van der Waals surface area contributed by atoms with Crippen molar-refractivity contribution in [2.24, 2.45) is 11.8 Å². The van der Waals surface area contributed by atoms with Crippen LogP contribution in [0.2, 0.25) is 0 Å². The standard InChI is InChI=1S/C23H30N4O2/c1-15(2)11-26-12-16-5-20(14-26)21-7-17(8-22(28)27(21)13-16)18-6-19(10-24-9-18)23(29)25(3)4/h6-10,15-16,20H,5,11-14H2,1-4H3/t16-,20+/m0/s1. The lowest BCUT2D eigenvalue weighted by molar-refractivity contribution is 0.0827. The van der Waals surface area contributed by atoms with E-state index in [4.69, 9.17) is 0 Å². The molecule has 4 heterocycles. The van der Waals surface area contributed by atoms with Crippen molar-refractivity contribution in [2.45, 2.75) is 32.7 Å². The maximum absolute atomic E-state index is 12.9. The molecule has 2 aliphatic rings. The van der Waals surface area contributed by atoms with Gasteiger partial charge in [0.05, 0.1) is 5.56 Å². The summed E-state index contributed by atoms with van der Waals surface area (Å²) >= 11 is 0. The van der Waals surface area contributed by atoms with Crippen LogP contribution >= 0.6 is 0 Å². The van der Waals surface area contributed by atoms with Crippen molar-refractivity contribution in [3.05, 3.63) is 52.2 Å². The van der Waals surface area contributed by atoms with Gasteiger partial charge in [-0.1, -0.05) is 13.8 Å². The highest BCUT2D eigenvalue weighted by Gasteiger charge is 2.35. The molecule has 2 atom stereocenters. The molecule has 154 valence electrons. The highest BCUT2D eigenvalue weighted by atomic mass is 16.2. The van der Waals surface area contributed by atoms with E-state index in [2.05, 4.69) is 29.8 Å². The second-order valence-corrected chi connectivity index (χ2v) is 9.19. The van der Waals surface area contributed by atoms with Gasteiger partial charge in [-0.15, -0.1) is 0 Å². The molecule has 1 fully saturated rings. The van der Waals surface area contributed by atoms with Crippen LogP contribution in [0.5, 0.6) is 0 Å². The van der Waals surface area contributed by atoms with E-state index < -0.39 is 0 Å². The van der Waals surface area contributed by atoms with Gasteiger partial charge in [0.2, 0.25) is 0 Å². The van der Waals surface area contributed by atoms with Crippen LogP contribution in [0.1, 0.15) is 42.2 Å². The van der Waals surface area contributed by atoms with E-state index in [0.717, 1.165) is 49.4 Å². The van der Waals surface area contributed by atoms with E-state index in [9.17, 15) is 9.59 Å². The Kier molecular flexibility index (Phi) is 5.30. The molecule has 2 aromatic rings. The molecule has 0 aliphatic carbocycles. The molecule has 1 amide bonds. The summed E-state index contributed by atoms with van der Waals surface area (Å²) in [5, 5.41) is 0. The molecule has 6 heteroatoms. The predicted octanol–water partition coefficient (Wildman–Crippen LogP) is 2.69. The summed E-state index contributed by atoms with van der Waals surface area (Å²) in [6.07, 6.45) is 4.46. The average Bonchev–Trinajstić information content (AvgIpc) is 2.67. The van der Waals surface area contributed by atoms with Gasteiger partial charge in [0.25, 0.3) is 11.5 Å². The Bertz CT molecular complexity index is 979. The number of carbonyl (C=O) groups is 1. The van der Waals surface area contributed by atoms with Crippen LogP contribution in [0.4, 0.5) is 0 Å². The van der Waals surface area contributed by atoms with Gasteiger partial charge in [-0.2, -0.15) is 0 Å². The number of piperidine rings is 1. The lowest BCUT2D eigenvalue weighted by Crippen LogP contribution is -2.48. The maximum Gasteiger partial charge on any atom is 0.254 e. The van der Waals surface area contributed by atoms with Gasteiger partial charge in [-0.3, -0.25) is 14.6 Å². The maximum atomic E-state index is 12.9. The second-order valence-electron chi connectivity index (χ2n) is 9.19. The lowest BCUT2D eigenvalue weighted by atomic mass is 9.82. The van der Waals surface area contributed by atoms with Gasteiger partial charge in [-0.05, 0) is 36.0 Å². The zero-order chi connectivity index (χ0) is 20.7. The molecule has 0 N–H and O–H groups in total. The highest BCUT2D eigenvalue weighted by molar-refractivity contribution is 5.94. The molecule has 4 rings (SSSR count). The number of amides is 1. The molecule has 29 heavy (non-hydrogen) atoms. The molecule has 6 nitrogen and oxygen atoms in total. The van der Waals surface area contributed by atoms with Gasteiger partial charge in [-0.25, -0.2) is 0 Å². The minimum absolute atomic E-state index is 0.0499. The number of fused-ring (bicyclic) bond motifs is 4. The summed E-state index contributed by atoms with van der Waals surface area (Å²) in [5.74, 6) is 1.48. The first-order valence-corrected chi connectivity index (χ1v) is 10.5. The largest absolute Gasteiger partial charge is 0.345 e. The number of rotatable bonds is 4. The van der Waals surface area contributed by atoms with Crippen molar-refractivity contribution in [1.82, 2.24) is 19.4 Å². The molecular formula is C23H30N4O2. The van der Waals surface area contributed by atoms with Crippen LogP contribution in [0.15, 0.2) is 35.4 Å². The first-order chi connectivity index (χ1) is 13.8. The fourth-order valence-corrected chi connectivity index (χ4v) is 4.86. The van der Waals surface area contributed by atoms with Crippen LogP contribution in [0.25, 0.3) is 11.1 Å². The number of nitrogens with zero attached hydrogens (tertiary/aromatic N) is 4. The SMILES string of the molecule is CC(C)CN1C[C@@H]2C[C@H](C1)c1cc(-c3cncc(C(=O)N(C)C)c3)cc(=O)n1C2. The zero-order valence-electron chi connectivity index (χ0n) is 17.8. The van der Waals surface area contributed by atoms with E-state index in [1.54, 1.807) is 32.6 Å². The summed E-state index contributed by atoms with van der Waals surface area (Å²) in [5.41, 5.74) is 3.37. The van der Waals surface area contributed by atoms with Crippen molar-refractivity contribution in [2.75, 3.05) is 33.7 Å². The predicted molar refractivity (Wildman–Crippen MR) is 114 cm³/mol. The number of hydrogen-bond donors (Lipinski definition) is 0. The van der Waals surface area contributed by atoms with Crippen LogP contribution < -0.4 is 5.56 Å². The molecular weight excluding hydrogens is 364 g/mol. The molecule has 0 spiro atoms. The van der Waals surface area contributed by atoms with Gasteiger partial charge in [0.15, 0.2) is 0 Å². The Labute approximate surface area is 172 Å². The second kappa shape index (κ2) is 7.75. The quantitative estimate of drug-likeness (QED) is 0.800. The first-order valence-electron chi connectivity index (χ1n) is 10.5. The Hall–Kier alpha value is -2.47. The van der Waals surface area contributed by atoms with E-state index in [1.165, 1.54) is 4.90 Å². The topological polar surface area (TPSA) is 58.4 Å². The molecule has 0 unspecified atom stereocenters. The van der Waals surface area contributed by atoms with Gasteiger partial charge >= 0.3 is 0 Å². The Morgan fingerprint density at radius 2 is 1.93 bits per heavy atom. The third kappa shape index (κ3) is 3.99. The highest BCUT2D eigenvalue weighted by Crippen LogP contribution is 2.36. The lowest BCUT2D eigenvalue weighted by Gasteiger charge is -2.43. The monoisotopic (exact) mass is 394 g/mol. The van der Waals surface area contributed by atoms with E-state index in [1.807, 2.05) is 10.6 Å². The fourth-order valence-electron chi connectivity index (χ4n) is 4.86. The zero-order valence-corrected chi connectivity index (χ0v) is 17.8. The Morgan fingerprint density at radius 1 is 1.14 bits per heavy atom. The van der Waals surface area contributed by atoms with E-state index >= 15 is 0 Å². The Morgan fingerprint density at radius 3 is 2.66 bits per heavy atom. The Balaban J connectivity index is 1.70. The number of hydrogen-bond acceptors (Lipinski definition) is 4. The summed E-state index contributed by atoms with van der Waals surface area (Å²) in [7, 11) is 3.45. The third-order valence-corrected chi connectivity index (χ3v) is 5.98. The van der Waals surface area contributed by atoms with Gasteiger partial charge in [0.1, 0.15) is 0 Å². The van der Waals surface area contributed by atoms with Crippen LogP contribution in [-0.4, -0.2) is 59.0 Å². The summed E-state index contributed by atoms with van der Waals surface area (Å²) in [6, 6.07) is 5.66. The van der Waals surface area contributed by atoms with Crippen LogP contribution in [-0.2, 0) is 6.54 Å². The number of likely N-dealkylation sites (tertiary alicyclic amines) is 1. The van der Waals surface area contributed by atoms with Crippen molar-refractivity contribution < 1.29 is 4.79 Å². The fraction of sp³-hybridized carbons (Fsp3) is 0.522. The van der Waals surface area contributed by atoms with Crippen molar-refractivity contribution in [3.63, 3.8) is 0 Å².